The number of hydrogen-bond donors (Lipinski definition) is 2. The highest BCUT2D eigenvalue weighted by atomic mass is 35.5. The van der Waals surface area contributed by atoms with Crippen LogP contribution in [0.25, 0.3) is 0 Å². The summed E-state index contributed by atoms with van der Waals surface area (Å²) >= 11 is 11.6. The lowest BCUT2D eigenvalue weighted by Crippen LogP contribution is -2.34. The van der Waals surface area contributed by atoms with E-state index < -0.39 is 21.6 Å². The van der Waals surface area contributed by atoms with Crippen LogP contribution in [-0.2, 0) is 10.0 Å². The molecule has 0 unspecified atom stereocenters. The highest BCUT2D eigenvalue weighted by Crippen LogP contribution is 2.31. The third-order valence-electron chi connectivity index (χ3n) is 2.87. The largest absolute Gasteiger partial charge is 0.478 e. The minimum atomic E-state index is -3.89. The average molecular weight is 340 g/mol. The fourth-order valence-corrected chi connectivity index (χ4v) is 4.00. The first-order valence-electron chi connectivity index (χ1n) is 5.98. The molecule has 0 aliphatic heterocycles. The third kappa shape index (κ3) is 3.63. The maximum absolute atomic E-state index is 12.2. The van der Waals surface area contributed by atoms with Gasteiger partial charge in [-0.2, -0.15) is 0 Å². The average Bonchev–Trinajstić information content (AvgIpc) is 2.35. The van der Waals surface area contributed by atoms with Crippen molar-refractivity contribution in [3.05, 3.63) is 27.7 Å². The molecule has 5 nitrogen and oxygen atoms in total. The van der Waals surface area contributed by atoms with Gasteiger partial charge in [0.25, 0.3) is 0 Å². The van der Waals surface area contributed by atoms with Gasteiger partial charge in [0.2, 0.25) is 10.0 Å². The van der Waals surface area contributed by atoms with Crippen LogP contribution in [0.1, 0.15) is 37.0 Å². The van der Waals surface area contributed by atoms with Crippen LogP contribution >= 0.6 is 23.2 Å². The van der Waals surface area contributed by atoms with Crippen molar-refractivity contribution in [1.82, 2.24) is 4.72 Å². The molecule has 0 saturated heterocycles. The summed E-state index contributed by atoms with van der Waals surface area (Å²) in [6.07, 6.45) is 1.24. The van der Waals surface area contributed by atoms with Gasteiger partial charge in [-0.3, -0.25) is 0 Å². The number of benzene rings is 1. The molecule has 2 N–H and O–H groups in total. The van der Waals surface area contributed by atoms with Gasteiger partial charge in [0.15, 0.2) is 0 Å². The number of sulfonamides is 1. The van der Waals surface area contributed by atoms with Gasteiger partial charge >= 0.3 is 5.97 Å². The fourth-order valence-electron chi connectivity index (χ4n) is 1.68. The van der Waals surface area contributed by atoms with Gasteiger partial charge < -0.3 is 5.11 Å². The minimum Gasteiger partial charge on any atom is -0.478 e. The zero-order valence-corrected chi connectivity index (χ0v) is 13.3. The van der Waals surface area contributed by atoms with Crippen molar-refractivity contribution >= 4 is 39.2 Å². The molecule has 1 aromatic rings. The molecule has 0 amide bonds. The number of carboxylic acids is 1. The van der Waals surface area contributed by atoms with Gasteiger partial charge in [0.1, 0.15) is 4.90 Å². The molecule has 1 rings (SSSR count). The quantitative estimate of drug-likeness (QED) is 0.833. The summed E-state index contributed by atoms with van der Waals surface area (Å²) in [5, 5.41) is 8.53. The van der Waals surface area contributed by atoms with Crippen molar-refractivity contribution < 1.29 is 18.3 Å². The van der Waals surface area contributed by atoms with Gasteiger partial charge in [-0.25, -0.2) is 17.9 Å². The Labute approximate surface area is 127 Å². The Balaban J connectivity index is 3.33. The summed E-state index contributed by atoms with van der Waals surface area (Å²) < 4.78 is 27.0. The second-order valence-electron chi connectivity index (χ2n) is 4.17. The number of carbonyl (C=O) groups is 1. The number of halogens is 2. The van der Waals surface area contributed by atoms with E-state index in [-0.39, 0.29) is 21.0 Å². The van der Waals surface area contributed by atoms with E-state index in [1.54, 1.807) is 0 Å². The molecule has 0 aliphatic carbocycles. The van der Waals surface area contributed by atoms with Gasteiger partial charge in [-0.1, -0.05) is 37.0 Å². The van der Waals surface area contributed by atoms with E-state index in [0.717, 1.165) is 0 Å². The molecule has 0 spiro atoms. The standard InChI is InChI=1S/C12H15Cl2NO4S/c1-3-7(4-2)15-20(18,19)9-6-5-8(13)10(11(9)14)12(16)17/h5-7,15H,3-4H2,1-2H3,(H,16,17). The smallest absolute Gasteiger partial charge is 0.338 e. The SMILES string of the molecule is CCC(CC)NS(=O)(=O)c1ccc(Cl)c(C(=O)O)c1Cl. The zero-order chi connectivity index (χ0) is 15.5. The second-order valence-corrected chi connectivity index (χ2v) is 6.64. The summed E-state index contributed by atoms with van der Waals surface area (Å²) in [5.41, 5.74) is -0.416. The highest BCUT2D eigenvalue weighted by molar-refractivity contribution is 7.89. The Bertz CT molecular complexity index is 612. The summed E-state index contributed by atoms with van der Waals surface area (Å²) in [7, 11) is -3.89. The molecule has 0 heterocycles. The first-order chi connectivity index (χ1) is 9.24. The lowest BCUT2D eigenvalue weighted by Gasteiger charge is -2.16. The molecule has 1 aromatic carbocycles. The van der Waals surface area contributed by atoms with Crippen LogP contribution in [0, 0.1) is 0 Å². The van der Waals surface area contributed by atoms with Crippen LogP contribution in [0.2, 0.25) is 10.0 Å². The molecule has 0 bridgehead atoms. The molecular weight excluding hydrogens is 325 g/mol. The number of nitrogens with one attached hydrogen (secondary N) is 1. The van der Waals surface area contributed by atoms with Crippen LogP contribution in [0.15, 0.2) is 17.0 Å². The Morgan fingerprint density at radius 2 is 1.85 bits per heavy atom. The Morgan fingerprint density at radius 3 is 2.30 bits per heavy atom. The van der Waals surface area contributed by atoms with Crippen molar-refractivity contribution in [2.24, 2.45) is 0 Å². The molecule has 112 valence electrons. The maximum Gasteiger partial charge on any atom is 0.338 e. The molecule has 0 saturated carbocycles. The topological polar surface area (TPSA) is 83.5 Å². The van der Waals surface area contributed by atoms with E-state index in [0.29, 0.717) is 12.8 Å². The lowest BCUT2D eigenvalue weighted by atomic mass is 10.2. The first-order valence-corrected chi connectivity index (χ1v) is 8.22. The number of carboxylic acid groups (broad SMARTS) is 1. The molecule has 0 fully saturated rings. The second kappa shape index (κ2) is 6.76. The molecule has 0 aliphatic rings. The van der Waals surface area contributed by atoms with Crippen molar-refractivity contribution in [2.45, 2.75) is 37.6 Å². The van der Waals surface area contributed by atoms with Crippen molar-refractivity contribution in [3.63, 3.8) is 0 Å². The van der Waals surface area contributed by atoms with Crippen LogP contribution in [0.3, 0.4) is 0 Å². The van der Waals surface area contributed by atoms with Gasteiger partial charge in [-0.05, 0) is 25.0 Å². The van der Waals surface area contributed by atoms with Crippen LogP contribution < -0.4 is 4.72 Å². The number of hydrogen-bond acceptors (Lipinski definition) is 3. The van der Waals surface area contributed by atoms with Crippen LogP contribution in [0.5, 0.6) is 0 Å². The normalized spacial score (nSPS) is 11.8. The minimum absolute atomic E-state index is 0.107. The van der Waals surface area contributed by atoms with E-state index in [2.05, 4.69) is 4.72 Å². The summed E-state index contributed by atoms with van der Waals surface area (Å²) in [5.74, 6) is -1.38. The lowest BCUT2D eigenvalue weighted by molar-refractivity contribution is 0.0697. The number of aromatic carboxylic acids is 1. The van der Waals surface area contributed by atoms with Gasteiger partial charge in [-0.15, -0.1) is 0 Å². The van der Waals surface area contributed by atoms with Crippen LogP contribution in [0.4, 0.5) is 0 Å². The van der Waals surface area contributed by atoms with E-state index in [1.165, 1.54) is 12.1 Å². The summed E-state index contributed by atoms with van der Waals surface area (Å²) in [6.45, 7) is 3.70. The molecule has 20 heavy (non-hydrogen) atoms. The summed E-state index contributed by atoms with van der Waals surface area (Å²) in [6, 6.07) is 2.17. The Hall–Kier alpha value is -0.820. The predicted molar refractivity (Wildman–Crippen MR) is 78.1 cm³/mol. The third-order valence-corrected chi connectivity index (χ3v) is 5.25. The molecule has 0 aromatic heterocycles. The monoisotopic (exact) mass is 339 g/mol. The molecule has 0 radical (unpaired) electrons. The van der Waals surface area contributed by atoms with E-state index in [1.807, 2.05) is 13.8 Å². The fraction of sp³-hybridized carbons (Fsp3) is 0.417. The number of rotatable bonds is 6. The van der Waals surface area contributed by atoms with Crippen molar-refractivity contribution in [2.75, 3.05) is 0 Å². The van der Waals surface area contributed by atoms with Crippen molar-refractivity contribution in [1.29, 1.82) is 0 Å². The molecular formula is C12H15Cl2NO4S. The highest BCUT2D eigenvalue weighted by Gasteiger charge is 2.26. The van der Waals surface area contributed by atoms with Gasteiger partial charge in [0, 0.05) is 6.04 Å². The van der Waals surface area contributed by atoms with Crippen LogP contribution in [-0.4, -0.2) is 25.5 Å². The zero-order valence-electron chi connectivity index (χ0n) is 11.0. The van der Waals surface area contributed by atoms with Crippen molar-refractivity contribution in [3.8, 4) is 0 Å². The predicted octanol–water partition coefficient (Wildman–Crippen LogP) is 3.16. The summed E-state index contributed by atoms with van der Waals surface area (Å²) in [4.78, 5) is 10.8. The van der Waals surface area contributed by atoms with E-state index >= 15 is 0 Å². The van der Waals surface area contributed by atoms with E-state index in [9.17, 15) is 13.2 Å². The van der Waals surface area contributed by atoms with E-state index in [4.69, 9.17) is 28.3 Å². The first kappa shape index (κ1) is 17.2. The van der Waals surface area contributed by atoms with Gasteiger partial charge in [0.05, 0.1) is 15.6 Å². The Kier molecular flexibility index (Phi) is 5.82. The molecule has 8 heteroatoms. The Morgan fingerprint density at radius 1 is 1.30 bits per heavy atom. The molecule has 0 atom stereocenters. The maximum atomic E-state index is 12.2.